The molecule has 1 heterocycles. The number of guanidine groups is 1. The SMILES string of the molecule is NC(N)=NS(=O)(=O)c1cc(N)cc2c1OCCC2. The highest BCUT2D eigenvalue weighted by Crippen LogP contribution is 2.35. The van der Waals surface area contributed by atoms with Crippen molar-refractivity contribution >= 4 is 21.7 Å². The Kier molecular flexibility index (Phi) is 3.04. The van der Waals surface area contributed by atoms with Gasteiger partial charge in [0.2, 0.25) is 5.96 Å². The van der Waals surface area contributed by atoms with Crippen LogP contribution in [0.25, 0.3) is 0 Å². The number of aryl methyl sites for hydroxylation is 1. The molecule has 0 saturated heterocycles. The molecule has 0 spiro atoms. The molecule has 6 N–H and O–H groups in total. The van der Waals surface area contributed by atoms with E-state index in [1.807, 2.05) is 0 Å². The van der Waals surface area contributed by atoms with E-state index < -0.39 is 16.0 Å². The first-order chi connectivity index (χ1) is 8.40. The molecule has 0 atom stereocenters. The normalized spacial score (nSPS) is 14.4. The van der Waals surface area contributed by atoms with Gasteiger partial charge in [0.25, 0.3) is 10.0 Å². The molecule has 1 aliphatic heterocycles. The second-order valence-corrected chi connectivity index (χ2v) is 5.52. The minimum absolute atomic E-state index is 0.0920. The molecule has 2 rings (SSSR count). The molecule has 0 fully saturated rings. The number of anilines is 1. The van der Waals surface area contributed by atoms with Crippen LogP contribution in [0.1, 0.15) is 12.0 Å². The molecule has 0 radical (unpaired) electrons. The molecule has 0 aliphatic carbocycles. The molecule has 0 saturated carbocycles. The molecule has 18 heavy (non-hydrogen) atoms. The minimum atomic E-state index is -3.99. The van der Waals surface area contributed by atoms with Gasteiger partial charge in [-0.3, -0.25) is 0 Å². The highest BCUT2D eigenvalue weighted by molar-refractivity contribution is 7.90. The van der Waals surface area contributed by atoms with Crippen LogP contribution >= 0.6 is 0 Å². The lowest BCUT2D eigenvalue weighted by molar-refractivity contribution is 0.280. The van der Waals surface area contributed by atoms with Crippen molar-refractivity contribution in [1.82, 2.24) is 0 Å². The standard InChI is InChI=1S/C10H14N4O3S/c11-7-4-6-2-1-3-17-9(6)8(5-7)18(15,16)14-10(12)13/h4-5H,1-3,11H2,(H4,12,13,14). The summed E-state index contributed by atoms with van der Waals surface area (Å²) < 4.78 is 32.6. The van der Waals surface area contributed by atoms with E-state index in [1.165, 1.54) is 6.07 Å². The monoisotopic (exact) mass is 270 g/mol. The lowest BCUT2D eigenvalue weighted by Crippen LogP contribution is -2.24. The number of hydrogen-bond acceptors (Lipinski definition) is 4. The number of sulfonamides is 1. The van der Waals surface area contributed by atoms with Crippen LogP contribution < -0.4 is 21.9 Å². The lowest BCUT2D eigenvalue weighted by atomic mass is 10.1. The van der Waals surface area contributed by atoms with Gasteiger partial charge >= 0.3 is 0 Å². The van der Waals surface area contributed by atoms with Gasteiger partial charge in [-0.25, -0.2) is 0 Å². The van der Waals surface area contributed by atoms with Gasteiger partial charge in [0.15, 0.2) is 0 Å². The molecule has 0 bridgehead atoms. The van der Waals surface area contributed by atoms with Crippen LogP contribution in [0, 0.1) is 0 Å². The zero-order valence-corrected chi connectivity index (χ0v) is 10.4. The Balaban J connectivity index is 2.64. The summed E-state index contributed by atoms with van der Waals surface area (Å²) in [4.78, 5) is -0.0920. The number of nitrogen functional groups attached to an aromatic ring is 1. The van der Waals surface area contributed by atoms with Crippen molar-refractivity contribution in [3.63, 3.8) is 0 Å². The zero-order chi connectivity index (χ0) is 13.3. The van der Waals surface area contributed by atoms with Crippen LogP contribution in [0.2, 0.25) is 0 Å². The molecule has 0 aromatic heterocycles. The molecular formula is C10H14N4O3S. The number of nitrogens with zero attached hydrogens (tertiary/aromatic N) is 1. The van der Waals surface area contributed by atoms with Crippen LogP contribution in [0.3, 0.4) is 0 Å². The number of fused-ring (bicyclic) bond motifs is 1. The Labute approximate surface area is 105 Å². The van der Waals surface area contributed by atoms with Gasteiger partial charge in [0, 0.05) is 5.69 Å². The Morgan fingerprint density at radius 1 is 1.33 bits per heavy atom. The predicted molar refractivity (Wildman–Crippen MR) is 67.7 cm³/mol. The van der Waals surface area contributed by atoms with Gasteiger partial charge in [-0.1, -0.05) is 0 Å². The van der Waals surface area contributed by atoms with Crippen LogP contribution in [0.15, 0.2) is 21.4 Å². The van der Waals surface area contributed by atoms with Crippen molar-refractivity contribution in [2.75, 3.05) is 12.3 Å². The smallest absolute Gasteiger partial charge is 0.289 e. The maximum atomic E-state index is 12.0. The fraction of sp³-hybridized carbons (Fsp3) is 0.300. The molecule has 98 valence electrons. The van der Waals surface area contributed by atoms with Gasteiger partial charge in [-0.05, 0) is 30.5 Å². The summed E-state index contributed by atoms with van der Waals surface area (Å²) in [5, 5.41) is 0. The number of hydrogen-bond donors (Lipinski definition) is 3. The van der Waals surface area contributed by atoms with Crippen LogP contribution in [-0.2, 0) is 16.4 Å². The first-order valence-electron chi connectivity index (χ1n) is 5.31. The van der Waals surface area contributed by atoms with Gasteiger partial charge in [0.1, 0.15) is 10.6 Å². The maximum absolute atomic E-state index is 12.0. The van der Waals surface area contributed by atoms with Crippen LogP contribution in [0.4, 0.5) is 5.69 Å². The van der Waals surface area contributed by atoms with E-state index in [0.29, 0.717) is 24.5 Å². The van der Waals surface area contributed by atoms with Crippen molar-refractivity contribution in [2.45, 2.75) is 17.7 Å². The summed E-state index contributed by atoms with van der Waals surface area (Å²) in [6, 6.07) is 2.99. The fourth-order valence-electron chi connectivity index (χ4n) is 1.85. The molecular weight excluding hydrogens is 256 g/mol. The van der Waals surface area contributed by atoms with Gasteiger partial charge in [-0.2, -0.15) is 8.42 Å². The van der Waals surface area contributed by atoms with Gasteiger partial charge in [0.05, 0.1) is 6.61 Å². The fourth-order valence-corrected chi connectivity index (χ4v) is 2.93. The van der Waals surface area contributed by atoms with E-state index in [1.54, 1.807) is 6.07 Å². The zero-order valence-electron chi connectivity index (χ0n) is 9.59. The van der Waals surface area contributed by atoms with Crippen molar-refractivity contribution in [3.05, 3.63) is 17.7 Å². The summed E-state index contributed by atoms with van der Waals surface area (Å²) >= 11 is 0. The second-order valence-electron chi connectivity index (χ2n) is 3.95. The average molecular weight is 270 g/mol. The largest absolute Gasteiger partial charge is 0.492 e. The molecule has 1 aromatic carbocycles. The van der Waals surface area contributed by atoms with E-state index in [-0.39, 0.29) is 4.90 Å². The highest BCUT2D eigenvalue weighted by Gasteiger charge is 2.25. The Morgan fingerprint density at radius 2 is 2.06 bits per heavy atom. The summed E-state index contributed by atoms with van der Waals surface area (Å²) in [5.74, 6) is -0.234. The second kappa shape index (κ2) is 4.37. The quantitative estimate of drug-likeness (QED) is 0.379. The average Bonchev–Trinajstić information content (AvgIpc) is 2.26. The van der Waals surface area contributed by atoms with Crippen molar-refractivity contribution in [3.8, 4) is 5.75 Å². The van der Waals surface area contributed by atoms with Crippen LogP contribution in [0.5, 0.6) is 5.75 Å². The number of benzene rings is 1. The molecule has 7 nitrogen and oxygen atoms in total. The predicted octanol–water partition coefficient (Wildman–Crippen LogP) is -0.444. The topological polar surface area (TPSA) is 134 Å². The van der Waals surface area contributed by atoms with E-state index in [9.17, 15) is 8.42 Å². The summed E-state index contributed by atoms with van der Waals surface area (Å²) in [6.07, 6.45) is 1.53. The van der Waals surface area contributed by atoms with E-state index in [0.717, 1.165) is 12.0 Å². The number of nitrogens with two attached hydrogens (primary N) is 3. The molecule has 1 aliphatic rings. The van der Waals surface area contributed by atoms with Gasteiger partial charge < -0.3 is 21.9 Å². The number of ether oxygens (including phenoxy) is 1. The molecule has 0 unspecified atom stereocenters. The van der Waals surface area contributed by atoms with Crippen molar-refractivity contribution in [1.29, 1.82) is 0 Å². The third kappa shape index (κ3) is 2.33. The van der Waals surface area contributed by atoms with Gasteiger partial charge in [-0.15, -0.1) is 4.40 Å². The molecule has 0 amide bonds. The third-order valence-corrected chi connectivity index (χ3v) is 3.80. The van der Waals surface area contributed by atoms with E-state index >= 15 is 0 Å². The highest BCUT2D eigenvalue weighted by atomic mass is 32.2. The summed E-state index contributed by atoms with van der Waals surface area (Å²) in [7, 11) is -3.99. The van der Waals surface area contributed by atoms with Crippen molar-refractivity contribution < 1.29 is 13.2 Å². The first kappa shape index (κ1) is 12.5. The maximum Gasteiger partial charge on any atom is 0.289 e. The van der Waals surface area contributed by atoms with E-state index in [4.69, 9.17) is 21.9 Å². The Morgan fingerprint density at radius 3 is 2.72 bits per heavy atom. The summed E-state index contributed by atoms with van der Waals surface area (Å²) in [6.45, 7) is 0.460. The van der Waals surface area contributed by atoms with Crippen molar-refractivity contribution in [2.24, 2.45) is 15.9 Å². The lowest BCUT2D eigenvalue weighted by Gasteiger charge is -2.20. The molecule has 8 heteroatoms. The number of rotatable bonds is 2. The Hall–Kier alpha value is -1.96. The van der Waals surface area contributed by atoms with E-state index in [2.05, 4.69) is 4.40 Å². The van der Waals surface area contributed by atoms with Crippen LogP contribution in [-0.4, -0.2) is 21.0 Å². The third-order valence-electron chi connectivity index (χ3n) is 2.49. The molecule has 1 aromatic rings. The minimum Gasteiger partial charge on any atom is -0.492 e. The first-order valence-corrected chi connectivity index (χ1v) is 6.75. The summed E-state index contributed by atoms with van der Waals surface area (Å²) in [5.41, 5.74) is 17.0. The Bertz CT molecular complexity index is 606.